The fraction of sp³-hybridized carbons (Fsp3) is 0.286. The Labute approximate surface area is 106 Å². The molecule has 4 heteroatoms. The number of furan rings is 1. The first-order chi connectivity index (χ1) is 8.58. The van der Waals surface area contributed by atoms with Gasteiger partial charge in [0.15, 0.2) is 0 Å². The molecule has 92 valence electrons. The van der Waals surface area contributed by atoms with E-state index in [0.717, 1.165) is 17.2 Å². The van der Waals surface area contributed by atoms with E-state index in [2.05, 4.69) is 16.4 Å². The molecule has 2 rings (SSSR count). The molecule has 4 nitrogen and oxygen atoms in total. The minimum Gasteiger partial charge on any atom is -0.464 e. The summed E-state index contributed by atoms with van der Waals surface area (Å²) in [5.41, 5.74) is 1.42. The standard InChI is InChI=1S/C14H15N3O/c1-9-6-12(8-15)7-14(16-9)17-11(3)13-5-4-10(2)18-13/h4-7,11H,1-3H3,(H,16,17). The molecule has 0 aliphatic carbocycles. The van der Waals surface area contributed by atoms with Crippen LogP contribution in [0.15, 0.2) is 28.7 Å². The van der Waals surface area contributed by atoms with Crippen LogP contribution in [-0.4, -0.2) is 4.98 Å². The van der Waals surface area contributed by atoms with Crippen LogP contribution in [0.2, 0.25) is 0 Å². The summed E-state index contributed by atoms with van der Waals surface area (Å²) in [5.74, 6) is 2.43. The minimum absolute atomic E-state index is 0.0135. The Morgan fingerprint density at radius 2 is 2.11 bits per heavy atom. The van der Waals surface area contributed by atoms with E-state index < -0.39 is 0 Å². The van der Waals surface area contributed by atoms with Crippen molar-refractivity contribution in [1.82, 2.24) is 4.98 Å². The Morgan fingerprint density at radius 3 is 2.72 bits per heavy atom. The number of pyridine rings is 1. The van der Waals surface area contributed by atoms with Crippen molar-refractivity contribution in [3.8, 4) is 6.07 Å². The first-order valence-corrected chi connectivity index (χ1v) is 5.80. The largest absolute Gasteiger partial charge is 0.464 e. The van der Waals surface area contributed by atoms with Gasteiger partial charge in [-0.25, -0.2) is 4.98 Å². The minimum atomic E-state index is 0.0135. The van der Waals surface area contributed by atoms with Gasteiger partial charge in [0.1, 0.15) is 17.3 Å². The highest BCUT2D eigenvalue weighted by molar-refractivity contribution is 5.45. The highest BCUT2D eigenvalue weighted by atomic mass is 16.3. The fourth-order valence-corrected chi connectivity index (χ4v) is 1.79. The van der Waals surface area contributed by atoms with Gasteiger partial charge in [-0.1, -0.05) is 0 Å². The molecule has 1 N–H and O–H groups in total. The van der Waals surface area contributed by atoms with Crippen LogP contribution >= 0.6 is 0 Å². The van der Waals surface area contributed by atoms with E-state index in [-0.39, 0.29) is 6.04 Å². The Morgan fingerprint density at radius 1 is 1.33 bits per heavy atom. The van der Waals surface area contributed by atoms with Crippen molar-refractivity contribution >= 4 is 5.82 Å². The van der Waals surface area contributed by atoms with E-state index in [0.29, 0.717) is 11.4 Å². The van der Waals surface area contributed by atoms with Crippen LogP contribution < -0.4 is 5.32 Å². The number of anilines is 1. The van der Waals surface area contributed by atoms with Crippen LogP contribution in [0.1, 0.15) is 35.7 Å². The molecule has 18 heavy (non-hydrogen) atoms. The van der Waals surface area contributed by atoms with E-state index in [4.69, 9.17) is 9.68 Å². The Balaban J connectivity index is 2.19. The number of hydrogen-bond acceptors (Lipinski definition) is 4. The molecule has 1 atom stereocenters. The van der Waals surface area contributed by atoms with Crippen LogP contribution in [0.25, 0.3) is 0 Å². The molecule has 0 aliphatic rings. The lowest BCUT2D eigenvalue weighted by molar-refractivity contribution is 0.466. The predicted octanol–water partition coefficient (Wildman–Crippen LogP) is 3.34. The molecule has 0 aliphatic heterocycles. The van der Waals surface area contributed by atoms with Gasteiger partial charge in [-0.2, -0.15) is 5.26 Å². The molecule has 0 saturated carbocycles. The molecule has 0 amide bonds. The van der Waals surface area contributed by atoms with Gasteiger partial charge in [0.05, 0.1) is 17.7 Å². The predicted molar refractivity (Wildman–Crippen MR) is 69.2 cm³/mol. The summed E-state index contributed by atoms with van der Waals surface area (Å²) in [6.07, 6.45) is 0. The monoisotopic (exact) mass is 241 g/mol. The number of aromatic nitrogens is 1. The molecule has 0 radical (unpaired) electrons. The fourth-order valence-electron chi connectivity index (χ4n) is 1.79. The van der Waals surface area contributed by atoms with Crippen LogP contribution in [0, 0.1) is 25.2 Å². The van der Waals surface area contributed by atoms with Crippen LogP contribution in [0.5, 0.6) is 0 Å². The molecular formula is C14H15N3O. The lowest BCUT2D eigenvalue weighted by Crippen LogP contribution is -2.07. The lowest BCUT2D eigenvalue weighted by atomic mass is 10.2. The van der Waals surface area contributed by atoms with Gasteiger partial charge in [0.25, 0.3) is 0 Å². The summed E-state index contributed by atoms with van der Waals surface area (Å²) >= 11 is 0. The number of nitrogens with one attached hydrogen (secondary N) is 1. The number of nitriles is 1. The summed E-state index contributed by atoms with van der Waals surface area (Å²) in [6, 6.07) is 9.49. The first kappa shape index (κ1) is 12.2. The van der Waals surface area contributed by atoms with Crippen molar-refractivity contribution in [2.75, 3.05) is 5.32 Å². The van der Waals surface area contributed by atoms with Crippen molar-refractivity contribution in [3.63, 3.8) is 0 Å². The molecule has 1 unspecified atom stereocenters. The topological polar surface area (TPSA) is 61.9 Å². The third kappa shape index (κ3) is 2.69. The van der Waals surface area contributed by atoms with Crippen LogP contribution in [-0.2, 0) is 0 Å². The second-order valence-corrected chi connectivity index (χ2v) is 4.31. The molecule has 2 heterocycles. The molecule has 2 aromatic rings. The number of hydrogen-bond donors (Lipinski definition) is 1. The smallest absolute Gasteiger partial charge is 0.128 e. The zero-order valence-corrected chi connectivity index (χ0v) is 10.7. The van der Waals surface area contributed by atoms with Gasteiger partial charge in [0.2, 0.25) is 0 Å². The molecule has 0 bridgehead atoms. The number of rotatable bonds is 3. The quantitative estimate of drug-likeness (QED) is 0.895. The molecule has 0 spiro atoms. The number of aryl methyl sites for hydroxylation is 2. The van der Waals surface area contributed by atoms with Gasteiger partial charge >= 0.3 is 0 Å². The third-order valence-corrected chi connectivity index (χ3v) is 2.63. The molecule has 0 saturated heterocycles. The average Bonchev–Trinajstić information content (AvgIpc) is 2.75. The third-order valence-electron chi connectivity index (χ3n) is 2.63. The Kier molecular flexibility index (Phi) is 3.33. The maximum absolute atomic E-state index is 8.92. The summed E-state index contributed by atoms with van der Waals surface area (Å²) < 4.78 is 5.55. The van der Waals surface area contributed by atoms with Gasteiger partial charge in [-0.15, -0.1) is 0 Å². The summed E-state index contributed by atoms with van der Waals surface area (Å²) in [7, 11) is 0. The summed E-state index contributed by atoms with van der Waals surface area (Å²) in [6.45, 7) is 5.77. The summed E-state index contributed by atoms with van der Waals surface area (Å²) in [4.78, 5) is 4.35. The first-order valence-electron chi connectivity index (χ1n) is 5.80. The second-order valence-electron chi connectivity index (χ2n) is 4.31. The highest BCUT2D eigenvalue weighted by Gasteiger charge is 2.10. The molecule has 0 fully saturated rings. The number of nitrogens with zero attached hydrogens (tertiary/aromatic N) is 2. The van der Waals surface area contributed by atoms with Crippen LogP contribution in [0.3, 0.4) is 0 Å². The lowest BCUT2D eigenvalue weighted by Gasteiger charge is -2.12. The van der Waals surface area contributed by atoms with Gasteiger partial charge < -0.3 is 9.73 Å². The SMILES string of the molecule is Cc1cc(C#N)cc(NC(C)c2ccc(C)o2)n1. The van der Waals surface area contributed by atoms with Gasteiger partial charge in [-0.3, -0.25) is 0 Å². The Hall–Kier alpha value is -2.28. The Bertz CT molecular complexity index is 595. The highest BCUT2D eigenvalue weighted by Crippen LogP contribution is 2.20. The van der Waals surface area contributed by atoms with E-state index >= 15 is 0 Å². The second kappa shape index (κ2) is 4.92. The van der Waals surface area contributed by atoms with Crippen molar-refractivity contribution in [3.05, 3.63) is 47.0 Å². The normalized spacial score (nSPS) is 11.9. The van der Waals surface area contributed by atoms with Crippen molar-refractivity contribution in [2.24, 2.45) is 0 Å². The van der Waals surface area contributed by atoms with Crippen molar-refractivity contribution in [1.29, 1.82) is 5.26 Å². The molecule has 0 aromatic carbocycles. The molecular weight excluding hydrogens is 226 g/mol. The van der Waals surface area contributed by atoms with Gasteiger partial charge in [-0.05, 0) is 45.0 Å². The maximum atomic E-state index is 8.92. The zero-order valence-electron chi connectivity index (χ0n) is 10.7. The van der Waals surface area contributed by atoms with Crippen molar-refractivity contribution in [2.45, 2.75) is 26.8 Å². The van der Waals surface area contributed by atoms with Crippen molar-refractivity contribution < 1.29 is 4.42 Å². The maximum Gasteiger partial charge on any atom is 0.128 e. The van der Waals surface area contributed by atoms with E-state index in [1.54, 1.807) is 12.1 Å². The van der Waals surface area contributed by atoms with E-state index in [9.17, 15) is 0 Å². The summed E-state index contributed by atoms with van der Waals surface area (Å²) in [5, 5.41) is 12.1. The van der Waals surface area contributed by atoms with E-state index in [1.807, 2.05) is 32.9 Å². The average molecular weight is 241 g/mol. The van der Waals surface area contributed by atoms with Gasteiger partial charge in [0, 0.05) is 5.69 Å². The van der Waals surface area contributed by atoms with Crippen LogP contribution in [0.4, 0.5) is 5.82 Å². The van der Waals surface area contributed by atoms with E-state index in [1.165, 1.54) is 0 Å². The molecule has 2 aromatic heterocycles. The zero-order chi connectivity index (χ0) is 13.1.